The Balaban J connectivity index is 1.26. The Morgan fingerprint density at radius 1 is 1.14 bits per heavy atom. The van der Waals surface area contributed by atoms with E-state index in [1.807, 2.05) is 50.8 Å². The molecule has 0 radical (unpaired) electrons. The van der Waals surface area contributed by atoms with Crippen molar-refractivity contribution in [2.24, 2.45) is 5.92 Å². The summed E-state index contributed by atoms with van der Waals surface area (Å²) in [6, 6.07) is 7.27. The van der Waals surface area contributed by atoms with Gasteiger partial charge in [-0.1, -0.05) is 12.1 Å². The van der Waals surface area contributed by atoms with E-state index >= 15 is 0 Å². The molecule has 0 aliphatic carbocycles. The van der Waals surface area contributed by atoms with E-state index < -0.39 is 17.4 Å². The van der Waals surface area contributed by atoms with Crippen molar-refractivity contribution >= 4 is 29.5 Å². The largest absolute Gasteiger partial charge is 0.444 e. The lowest BCUT2D eigenvalue weighted by Gasteiger charge is -2.48. The molecule has 4 rings (SSSR count). The number of fused-ring (bicyclic) bond motifs is 3. The van der Waals surface area contributed by atoms with Crippen LogP contribution in [-0.4, -0.2) is 71.1 Å². The second kappa shape index (κ2) is 10.1. The van der Waals surface area contributed by atoms with Gasteiger partial charge in [0.2, 0.25) is 11.8 Å². The van der Waals surface area contributed by atoms with Crippen LogP contribution in [0.2, 0.25) is 0 Å². The zero-order chi connectivity index (χ0) is 26.1. The highest BCUT2D eigenvalue weighted by molar-refractivity contribution is 6.10. The number of ether oxygens (including phenoxy) is 1. The molecular weight excluding hydrogens is 460 g/mol. The molecular formula is C27H38N4O5. The van der Waals surface area contributed by atoms with Gasteiger partial charge in [-0.15, -0.1) is 0 Å². The first kappa shape index (κ1) is 26.0. The Hall–Kier alpha value is -3.10. The number of nitrogens with zero attached hydrogens (tertiary/aromatic N) is 3. The number of benzene rings is 1. The van der Waals surface area contributed by atoms with Gasteiger partial charge in [-0.2, -0.15) is 0 Å². The molecule has 2 fully saturated rings. The van der Waals surface area contributed by atoms with E-state index in [0.29, 0.717) is 69.0 Å². The maximum atomic E-state index is 13.3. The quantitative estimate of drug-likeness (QED) is 0.647. The predicted octanol–water partition coefficient (Wildman–Crippen LogP) is 3.53. The number of para-hydroxylation sites is 1. The van der Waals surface area contributed by atoms with Crippen LogP contribution in [0.5, 0.6) is 0 Å². The summed E-state index contributed by atoms with van der Waals surface area (Å²) in [5.41, 5.74) is 0.0123. The monoisotopic (exact) mass is 498 g/mol. The molecule has 1 aromatic carbocycles. The Morgan fingerprint density at radius 3 is 2.53 bits per heavy atom. The summed E-state index contributed by atoms with van der Waals surface area (Å²) in [5.74, 6) is 0.355. The normalized spacial score (nSPS) is 22.4. The molecule has 3 aliphatic heterocycles. The number of nitrogens with one attached hydrogen (secondary N) is 1. The van der Waals surface area contributed by atoms with Crippen molar-refractivity contribution < 1.29 is 23.9 Å². The minimum Gasteiger partial charge on any atom is -0.444 e. The summed E-state index contributed by atoms with van der Waals surface area (Å²) in [5, 5.41) is 2.83. The van der Waals surface area contributed by atoms with Crippen molar-refractivity contribution in [1.82, 2.24) is 15.1 Å². The summed E-state index contributed by atoms with van der Waals surface area (Å²) in [6.07, 6.45) is 3.15. The van der Waals surface area contributed by atoms with Crippen LogP contribution in [0.15, 0.2) is 24.3 Å². The van der Waals surface area contributed by atoms with Gasteiger partial charge in [0.1, 0.15) is 11.3 Å². The number of amides is 4. The molecule has 0 saturated carbocycles. The zero-order valence-corrected chi connectivity index (χ0v) is 21.8. The highest BCUT2D eigenvalue weighted by atomic mass is 16.6. The number of piperidine rings is 1. The van der Waals surface area contributed by atoms with Crippen LogP contribution >= 0.6 is 0 Å². The smallest absolute Gasteiger partial charge is 0.407 e. The average Bonchev–Trinajstić information content (AvgIpc) is 3.14. The maximum Gasteiger partial charge on any atom is 0.407 e. The molecule has 1 aromatic rings. The van der Waals surface area contributed by atoms with Crippen molar-refractivity contribution in [3.05, 3.63) is 29.8 Å². The van der Waals surface area contributed by atoms with Gasteiger partial charge in [0.05, 0.1) is 11.3 Å². The summed E-state index contributed by atoms with van der Waals surface area (Å²) in [4.78, 5) is 56.2. The summed E-state index contributed by atoms with van der Waals surface area (Å²) in [7, 11) is 0. The number of likely N-dealkylation sites (tertiary alicyclic amines) is 1. The fourth-order valence-electron chi connectivity index (χ4n) is 5.52. The number of alkyl carbamates (subject to hydrolysis) is 1. The fraction of sp³-hybridized carbons (Fsp3) is 0.630. The first-order valence-corrected chi connectivity index (χ1v) is 13.0. The molecule has 1 N–H and O–H groups in total. The molecule has 0 bridgehead atoms. The fourth-order valence-corrected chi connectivity index (χ4v) is 5.52. The molecule has 196 valence electrons. The Morgan fingerprint density at radius 2 is 1.83 bits per heavy atom. The van der Waals surface area contributed by atoms with E-state index in [2.05, 4.69) is 5.32 Å². The van der Waals surface area contributed by atoms with E-state index in [1.54, 1.807) is 15.9 Å². The third-order valence-corrected chi connectivity index (χ3v) is 7.42. The highest BCUT2D eigenvalue weighted by Gasteiger charge is 2.52. The second-order valence-electron chi connectivity index (χ2n) is 11.2. The van der Waals surface area contributed by atoms with Gasteiger partial charge < -0.3 is 19.9 Å². The molecule has 0 spiro atoms. The maximum absolute atomic E-state index is 13.3. The Labute approximate surface area is 213 Å². The van der Waals surface area contributed by atoms with Crippen LogP contribution in [0.3, 0.4) is 0 Å². The van der Waals surface area contributed by atoms with Gasteiger partial charge in [0, 0.05) is 39.0 Å². The van der Waals surface area contributed by atoms with Crippen LogP contribution in [0.1, 0.15) is 76.6 Å². The van der Waals surface area contributed by atoms with Crippen molar-refractivity contribution in [1.29, 1.82) is 0 Å². The molecule has 2 saturated heterocycles. The molecule has 3 aliphatic rings. The Bertz CT molecular complexity index is 1030. The van der Waals surface area contributed by atoms with Gasteiger partial charge in [-0.05, 0) is 71.4 Å². The van der Waals surface area contributed by atoms with Crippen LogP contribution < -0.4 is 10.2 Å². The average molecular weight is 499 g/mol. The van der Waals surface area contributed by atoms with E-state index in [-0.39, 0.29) is 17.7 Å². The SMILES string of the molecule is CC(C)(C)OC(=O)NCC1CCN(C(=O)CCCN2C(=O)c3ccccc3N3C(=O)CCC23C)CC1. The van der Waals surface area contributed by atoms with Gasteiger partial charge in [0.25, 0.3) is 5.91 Å². The van der Waals surface area contributed by atoms with Gasteiger partial charge in [-0.25, -0.2) is 4.79 Å². The zero-order valence-electron chi connectivity index (χ0n) is 21.8. The molecule has 3 heterocycles. The number of hydrogen-bond acceptors (Lipinski definition) is 5. The predicted molar refractivity (Wildman–Crippen MR) is 135 cm³/mol. The van der Waals surface area contributed by atoms with Crippen LogP contribution in [0.4, 0.5) is 10.5 Å². The molecule has 9 heteroatoms. The van der Waals surface area contributed by atoms with Crippen molar-refractivity contribution in [2.45, 2.75) is 77.5 Å². The van der Waals surface area contributed by atoms with E-state index in [4.69, 9.17) is 4.74 Å². The minimum atomic E-state index is -0.689. The lowest BCUT2D eigenvalue weighted by molar-refractivity contribution is -0.132. The summed E-state index contributed by atoms with van der Waals surface area (Å²) >= 11 is 0. The van der Waals surface area contributed by atoms with Gasteiger partial charge in [0.15, 0.2) is 0 Å². The lowest BCUT2D eigenvalue weighted by atomic mass is 9.96. The molecule has 4 amide bonds. The number of anilines is 1. The van der Waals surface area contributed by atoms with Crippen LogP contribution in [0.25, 0.3) is 0 Å². The van der Waals surface area contributed by atoms with Gasteiger partial charge in [-0.3, -0.25) is 19.3 Å². The minimum absolute atomic E-state index is 0.0301. The van der Waals surface area contributed by atoms with E-state index in [0.717, 1.165) is 12.8 Å². The topological polar surface area (TPSA) is 99.3 Å². The van der Waals surface area contributed by atoms with Crippen molar-refractivity contribution in [2.75, 3.05) is 31.1 Å². The van der Waals surface area contributed by atoms with Gasteiger partial charge >= 0.3 is 6.09 Å². The Kier molecular flexibility index (Phi) is 7.29. The third-order valence-electron chi connectivity index (χ3n) is 7.42. The van der Waals surface area contributed by atoms with Crippen LogP contribution in [0, 0.1) is 5.92 Å². The summed E-state index contributed by atoms with van der Waals surface area (Å²) < 4.78 is 5.28. The molecule has 36 heavy (non-hydrogen) atoms. The standard InChI is InChI=1S/C27H38N4O5/c1-26(2,3)36-25(35)28-18-19-12-16-29(17-13-19)22(32)10-7-15-30-24(34)20-8-5-6-9-21(20)31-23(33)11-14-27(30,31)4/h5-6,8-9,19H,7,10-18H2,1-4H3,(H,28,35). The number of rotatable bonds is 6. The van der Waals surface area contributed by atoms with Crippen molar-refractivity contribution in [3.63, 3.8) is 0 Å². The lowest BCUT2D eigenvalue weighted by Crippen LogP contribution is -2.62. The first-order chi connectivity index (χ1) is 17.0. The number of carbonyl (C=O) groups is 4. The van der Waals surface area contributed by atoms with E-state index in [1.165, 1.54) is 0 Å². The molecule has 0 aromatic heterocycles. The van der Waals surface area contributed by atoms with Crippen molar-refractivity contribution in [3.8, 4) is 0 Å². The second-order valence-corrected chi connectivity index (χ2v) is 11.2. The molecule has 1 unspecified atom stereocenters. The number of hydrogen-bond donors (Lipinski definition) is 1. The first-order valence-electron chi connectivity index (χ1n) is 13.0. The molecule has 1 atom stereocenters. The highest BCUT2D eigenvalue weighted by Crippen LogP contribution is 2.44. The van der Waals surface area contributed by atoms with E-state index in [9.17, 15) is 19.2 Å². The third kappa shape index (κ3) is 5.34. The summed E-state index contributed by atoms with van der Waals surface area (Å²) in [6.45, 7) is 9.74. The number of carbonyl (C=O) groups excluding carboxylic acids is 4. The van der Waals surface area contributed by atoms with Crippen LogP contribution in [-0.2, 0) is 14.3 Å². The molecule has 9 nitrogen and oxygen atoms in total.